The SMILES string of the molecule is CCCCCOc1cc(-c2sc(C)cc2OCCCCC)sc1C.COCCOCCOc1cc(-c2sc(C)cc2OCCOCCOC)sc1C.COCCOCCOc1cc(C)sc1-c1cc(OCCO[N+](C)(C)C)c(C)s1. The average Bonchev–Trinajstić information content (AvgIpc) is 4.30. The first-order valence-electron chi connectivity index (χ1n) is 27.7. The molecule has 6 aromatic heterocycles. The molecule has 80 heavy (non-hydrogen) atoms. The maximum absolute atomic E-state index is 6.05. The minimum absolute atomic E-state index is 0.460. The number of hydrogen-bond acceptors (Lipinski definition) is 19. The Kier molecular flexibility index (Phi) is 34.0. The van der Waals surface area contributed by atoms with Crippen LogP contribution in [-0.4, -0.2) is 153 Å². The fourth-order valence-electron chi connectivity index (χ4n) is 7.37. The van der Waals surface area contributed by atoms with E-state index < -0.39 is 0 Å². The average molecular weight is 1230 g/mol. The van der Waals surface area contributed by atoms with Gasteiger partial charge in [-0.3, -0.25) is 0 Å². The monoisotopic (exact) mass is 1230 g/mol. The molecule has 0 spiro atoms. The van der Waals surface area contributed by atoms with Crippen LogP contribution in [0.2, 0.25) is 0 Å². The number of aryl methyl sites for hydroxylation is 6. The van der Waals surface area contributed by atoms with Gasteiger partial charge in [-0.25, -0.2) is 4.84 Å². The Morgan fingerprint density at radius 1 is 0.325 bits per heavy atom. The molecule has 6 rings (SSSR count). The molecule has 0 aromatic carbocycles. The minimum Gasteiger partial charge on any atom is -0.492 e. The number of methoxy groups -OCH3 is 3. The summed E-state index contributed by atoms with van der Waals surface area (Å²) in [4.78, 5) is 20.0. The highest BCUT2D eigenvalue weighted by Crippen LogP contribution is 2.47. The van der Waals surface area contributed by atoms with Gasteiger partial charge in [0.1, 0.15) is 67.5 Å². The Hall–Kier alpha value is -3.32. The van der Waals surface area contributed by atoms with E-state index in [2.05, 4.69) is 91.8 Å². The van der Waals surface area contributed by atoms with Crippen LogP contribution in [0, 0.1) is 41.5 Å². The van der Waals surface area contributed by atoms with Gasteiger partial charge in [-0.15, -0.1) is 68.0 Å². The smallest absolute Gasteiger partial charge is 0.140 e. The normalized spacial score (nSPS) is 11.3. The zero-order valence-electron chi connectivity index (χ0n) is 50.2. The molecule has 0 aliphatic rings. The third-order valence-electron chi connectivity index (χ3n) is 11.3. The van der Waals surface area contributed by atoms with E-state index in [1.165, 1.54) is 54.9 Å². The molecule has 0 radical (unpaired) electrons. The predicted molar refractivity (Wildman–Crippen MR) is 335 cm³/mol. The summed E-state index contributed by atoms with van der Waals surface area (Å²) in [5.41, 5.74) is 0. The Balaban J connectivity index is 0.000000259. The van der Waals surface area contributed by atoms with E-state index in [1.54, 1.807) is 66.7 Å². The second kappa shape index (κ2) is 39.3. The van der Waals surface area contributed by atoms with Gasteiger partial charge >= 0.3 is 0 Å². The van der Waals surface area contributed by atoms with Crippen LogP contribution >= 0.6 is 68.0 Å². The quantitative estimate of drug-likeness (QED) is 0.0207. The number of ether oxygens (including phenoxy) is 12. The summed E-state index contributed by atoms with van der Waals surface area (Å²) >= 11 is 10.5. The summed E-state index contributed by atoms with van der Waals surface area (Å²) in [6.07, 6.45) is 7.17. The summed E-state index contributed by atoms with van der Waals surface area (Å²) in [6, 6.07) is 12.7. The lowest BCUT2D eigenvalue weighted by molar-refractivity contribution is -1.06. The number of hydrogen-bond donors (Lipinski definition) is 0. The molecule has 0 bridgehead atoms. The topological polar surface area (TPSA) is 120 Å². The van der Waals surface area contributed by atoms with Crippen LogP contribution in [0.4, 0.5) is 0 Å². The highest BCUT2D eigenvalue weighted by molar-refractivity contribution is 7.23. The molecule has 6 heterocycles. The third kappa shape index (κ3) is 26.1. The van der Waals surface area contributed by atoms with Gasteiger partial charge in [-0.05, 0) is 72.6 Å². The van der Waals surface area contributed by atoms with Crippen molar-refractivity contribution in [2.75, 3.05) is 148 Å². The standard InChI is InChI=1S/C20H32NO5S2.C20H30O6S2.C20H30O2S2/c1-15-13-18(25-10-9-23-8-7-22-6)20(27-15)19-14-17(16(2)28-19)24-11-12-26-21(3,4)5;1-15-13-18(26-12-10-24-8-6-22-4)20(27-15)19-14-17(16(2)28-19)25-11-9-23-7-5-21-3;1-5-7-9-11-21-17-14-19(24-16(17)4)20-18(13-15(3)23-20)22-12-10-8-6-2/h13-14H,7-12H2,1-6H3;13-14H,5-12H2,1-4H3;13-14H,5-12H2,1-4H3/q+1;;. The van der Waals surface area contributed by atoms with Crippen molar-refractivity contribution < 1.29 is 66.3 Å². The molecule has 450 valence electrons. The molecule has 0 aliphatic carbocycles. The second-order valence-electron chi connectivity index (χ2n) is 19.3. The largest absolute Gasteiger partial charge is 0.492 e. The molecule has 0 unspecified atom stereocenters. The fourth-order valence-corrected chi connectivity index (χ4v) is 13.4. The van der Waals surface area contributed by atoms with Crippen molar-refractivity contribution >= 4 is 68.0 Å². The summed E-state index contributed by atoms with van der Waals surface area (Å²) in [6.45, 7) is 26.5. The maximum Gasteiger partial charge on any atom is 0.140 e. The van der Waals surface area contributed by atoms with Crippen LogP contribution in [0.5, 0.6) is 34.5 Å². The Bertz CT molecular complexity index is 2570. The number of unbranched alkanes of at least 4 members (excludes halogenated alkanes) is 4. The molecular weight excluding hydrogens is 1140 g/mol. The maximum atomic E-state index is 6.05. The van der Waals surface area contributed by atoms with Crippen molar-refractivity contribution in [1.82, 2.24) is 0 Å². The summed E-state index contributed by atoms with van der Waals surface area (Å²) in [5, 5.41) is 0. The zero-order chi connectivity index (χ0) is 58.1. The lowest BCUT2D eigenvalue weighted by Gasteiger charge is -2.20. The van der Waals surface area contributed by atoms with Crippen LogP contribution in [0.1, 0.15) is 81.6 Å². The molecule has 20 heteroatoms. The van der Waals surface area contributed by atoms with E-state index in [1.807, 2.05) is 43.8 Å². The molecule has 14 nitrogen and oxygen atoms in total. The molecule has 0 aliphatic heterocycles. The van der Waals surface area contributed by atoms with Crippen molar-refractivity contribution in [3.63, 3.8) is 0 Å². The van der Waals surface area contributed by atoms with Gasteiger partial charge in [-0.1, -0.05) is 39.5 Å². The van der Waals surface area contributed by atoms with Crippen molar-refractivity contribution in [3.05, 3.63) is 65.7 Å². The van der Waals surface area contributed by atoms with Gasteiger partial charge < -0.3 is 56.8 Å². The van der Waals surface area contributed by atoms with Crippen molar-refractivity contribution in [1.29, 1.82) is 0 Å². The molecular formula is C60H92NO13S6+. The molecule has 6 aromatic rings. The fraction of sp³-hybridized carbons (Fsp3) is 0.600. The Morgan fingerprint density at radius 3 is 0.925 bits per heavy atom. The highest BCUT2D eigenvalue weighted by atomic mass is 32.1. The minimum atomic E-state index is 0.460. The van der Waals surface area contributed by atoms with Crippen LogP contribution in [0.3, 0.4) is 0 Å². The lowest BCUT2D eigenvalue weighted by Crippen LogP contribution is -2.35. The van der Waals surface area contributed by atoms with Gasteiger partial charge in [0.15, 0.2) is 0 Å². The zero-order valence-corrected chi connectivity index (χ0v) is 55.1. The van der Waals surface area contributed by atoms with Gasteiger partial charge in [0, 0.05) is 68.8 Å². The van der Waals surface area contributed by atoms with Crippen molar-refractivity contribution in [3.8, 4) is 63.8 Å². The van der Waals surface area contributed by atoms with Gasteiger partial charge in [0.2, 0.25) is 0 Å². The third-order valence-corrected chi connectivity index (χ3v) is 18.1. The van der Waals surface area contributed by atoms with E-state index >= 15 is 0 Å². The van der Waals surface area contributed by atoms with Gasteiger partial charge in [0.05, 0.1) is 123 Å². The van der Waals surface area contributed by atoms with E-state index in [0.29, 0.717) is 97.1 Å². The number of quaternary nitrogens is 1. The summed E-state index contributed by atoms with van der Waals surface area (Å²) in [5.74, 6) is 5.68. The molecule has 0 fully saturated rings. The first kappa shape index (κ1) is 69.2. The molecule has 0 saturated heterocycles. The first-order chi connectivity index (χ1) is 38.6. The Morgan fingerprint density at radius 2 is 0.613 bits per heavy atom. The molecule has 0 N–H and O–H groups in total. The predicted octanol–water partition coefficient (Wildman–Crippen LogP) is 15.6. The second-order valence-corrected chi connectivity index (χ2v) is 26.8. The first-order valence-corrected chi connectivity index (χ1v) is 32.6. The van der Waals surface area contributed by atoms with E-state index in [4.69, 9.17) is 61.7 Å². The van der Waals surface area contributed by atoms with Crippen LogP contribution in [-0.2, 0) is 33.3 Å². The van der Waals surface area contributed by atoms with Gasteiger partial charge in [-0.2, -0.15) is 4.65 Å². The Labute approximate surface area is 502 Å². The lowest BCUT2D eigenvalue weighted by atomic mass is 10.2. The highest BCUT2D eigenvalue weighted by Gasteiger charge is 2.20. The van der Waals surface area contributed by atoms with Crippen LogP contribution in [0.15, 0.2) is 36.4 Å². The molecule has 0 atom stereocenters. The molecule has 0 saturated carbocycles. The molecule has 0 amide bonds. The summed E-state index contributed by atoms with van der Waals surface area (Å²) < 4.78 is 67.5. The van der Waals surface area contributed by atoms with Crippen molar-refractivity contribution in [2.45, 2.75) is 93.9 Å². The van der Waals surface area contributed by atoms with Gasteiger partial charge in [0.25, 0.3) is 0 Å². The van der Waals surface area contributed by atoms with Crippen LogP contribution in [0.25, 0.3) is 29.3 Å². The number of rotatable bonds is 39. The summed E-state index contributed by atoms with van der Waals surface area (Å²) in [7, 11) is 10.9. The number of hydroxylamine groups is 3. The number of thiophene rings is 6. The van der Waals surface area contributed by atoms with E-state index in [9.17, 15) is 0 Å². The van der Waals surface area contributed by atoms with Crippen LogP contribution < -0.4 is 28.4 Å². The van der Waals surface area contributed by atoms with E-state index in [-0.39, 0.29) is 0 Å². The van der Waals surface area contributed by atoms with E-state index in [0.717, 1.165) is 89.8 Å². The van der Waals surface area contributed by atoms with Crippen molar-refractivity contribution in [2.24, 2.45) is 0 Å². The number of nitrogens with zero attached hydrogens (tertiary/aromatic N) is 1.